The summed E-state index contributed by atoms with van der Waals surface area (Å²) in [7, 11) is 0. The van der Waals surface area contributed by atoms with Crippen molar-refractivity contribution in [2.75, 3.05) is 6.54 Å². The highest BCUT2D eigenvalue weighted by Crippen LogP contribution is 2.23. The number of rotatable bonds is 7. The SMILES string of the molecule is O=C(CCc1nc2ccccc2s1)NCC1Cn2cccc2C(=O)N1Cc1cccnc1. The van der Waals surface area contributed by atoms with Gasteiger partial charge in [0.15, 0.2) is 0 Å². The van der Waals surface area contributed by atoms with E-state index in [1.165, 1.54) is 0 Å². The first-order valence-corrected chi connectivity index (χ1v) is 11.5. The number of pyridine rings is 1. The Balaban J connectivity index is 1.23. The Bertz CT molecular complexity index is 1220. The van der Waals surface area contributed by atoms with Crippen molar-refractivity contribution in [1.29, 1.82) is 0 Å². The van der Waals surface area contributed by atoms with Crippen molar-refractivity contribution >= 4 is 33.4 Å². The monoisotopic (exact) mass is 445 g/mol. The molecule has 4 heterocycles. The van der Waals surface area contributed by atoms with Gasteiger partial charge in [0, 0.05) is 51.1 Å². The van der Waals surface area contributed by atoms with Crippen LogP contribution in [0, 0.1) is 0 Å². The Kier molecular flexibility index (Phi) is 5.68. The standard InChI is InChI=1S/C24H23N5O2S/c30-22(9-10-23-27-19-6-1-2-8-21(19)32-23)26-14-18-16-28-12-4-7-20(28)24(31)29(18)15-17-5-3-11-25-13-17/h1-8,11-13,18H,9-10,14-16H2,(H,26,30). The Morgan fingerprint density at radius 1 is 1.16 bits per heavy atom. The van der Waals surface area contributed by atoms with Crippen LogP contribution in [-0.2, 0) is 24.3 Å². The first kappa shape index (κ1) is 20.4. The van der Waals surface area contributed by atoms with Crippen molar-refractivity contribution in [2.45, 2.75) is 32.0 Å². The molecule has 32 heavy (non-hydrogen) atoms. The van der Waals surface area contributed by atoms with E-state index in [9.17, 15) is 9.59 Å². The lowest BCUT2D eigenvalue weighted by Crippen LogP contribution is -2.52. The van der Waals surface area contributed by atoms with Crippen LogP contribution in [0.4, 0.5) is 0 Å². The van der Waals surface area contributed by atoms with Crippen molar-refractivity contribution in [3.05, 3.63) is 83.4 Å². The zero-order valence-corrected chi connectivity index (χ0v) is 18.3. The predicted molar refractivity (Wildman–Crippen MR) is 123 cm³/mol. The van der Waals surface area contributed by atoms with E-state index in [1.807, 2.05) is 64.2 Å². The van der Waals surface area contributed by atoms with Crippen molar-refractivity contribution in [2.24, 2.45) is 0 Å². The van der Waals surface area contributed by atoms with Gasteiger partial charge in [-0.2, -0.15) is 0 Å². The molecular formula is C24H23N5O2S. The van der Waals surface area contributed by atoms with Gasteiger partial charge in [-0.15, -0.1) is 11.3 Å². The van der Waals surface area contributed by atoms with Crippen molar-refractivity contribution < 1.29 is 9.59 Å². The summed E-state index contributed by atoms with van der Waals surface area (Å²) in [5.41, 5.74) is 2.61. The number of para-hydroxylation sites is 1. The number of hydrogen-bond donors (Lipinski definition) is 1. The fraction of sp³-hybridized carbons (Fsp3) is 0.250. The highest BCUT2D eigenvalue weighted by atomic mass is 32.1. The molecule has 0 saturated carbocycles. The van der Waals surface area contributed by atoms with Gasteiger partial charge >= 0.3 is 0 Å². The molecule has 2 amide bonds. The molecule has 1 atom stereocenters. The third-order valence-electron chi connectivity index (χ3n) is 5.67. The molecule has 0 bridgehead atoms. The summed E-state index contributed by atoms with van der Waals surface area (Å²) in [6.45, 7) is 1.51. The largest absolute Gasteiger partial charge is 0.354 e. The maximum Gasteiger partial charge on any atom is 0.271 e. The normalized spacial score (nSPS) is 15.7. The van der Waals surface area contributed by atoms with Gasteiger partial charge in [0.25, 0.3) is 5.91 Å². The lowest BCUT2D eigenvalue weighted by Gasteiger charge is -2.36. The molecule has 0 spiro atoms. The smallest absolute Gasteiger partial charge is 0.271 e. The van der Waals surface area contributed by atoms with Crippen molar-refractivity contribution in [3.63, 3.8) is 0 Å². The second kappa shape index (κ2) is 8.92. The molecule has 7 nitrogen and oxygen atoms in total. The van der Waals surface area contributed by atoms with E-state index in [2.05, 4.69) is 15.3 Å². The number of nitrogens with one attached hydrogen (secondary N) is 1. The molecule has 1 aromatic carbocycles. The van der Waals surface area contributed by atoms with Crippen LogP contribution in [0.25, 0.3) is 10.2 Å². The van der Waals surface area contributed by atoms with E-state index >= 15 is 0 Å². The van der Waals surface area contributed by atoms with Gasteiger partial charge in [0.05, 0.1) is 21.3 Å². The van der Waals surface area contributed by atoms with E-state index in [0.717, 1.165) is 20.8 Å². The third-order valence-corrected chi connectivity index (χ3v) is 6.77. The first-order chi connectivity index (χ1) is 15.7. The van der Waals surface area contributed by atoms with Gasteiger partial charge in [-0.3, -0.25) is 14.6 Å². The van der Waals surface area contributed by atoms with E-state index in [-0.39, 0.29) is 17.9 Å². The molecule has 1 aliphatic heterocycles. The Labute approximate surface area is 189 Å². The quantitative estimate of drug-likeness (QED) is 0.474. The second-order valence-electron chi connectivity index (χ2n) is 7.87. The minimum Gasteiger partial charge on any atom is -0.354 e. The van der Waals surface area contributed by atoms with Gasteiger partial charge in [0.1, 0.15) is 5.69 Å². The number of aryl methyl sites for hydroxylation is 1. The van der Waals surface area contributed by atoms with E-state index in [4.69, 9.17) is 0 Å². The minimum atomic E-state index is -0.131. The molecule has 3 aromatic heterocycles. The van der Waals surface area contributed by atoms with Gasteiger partial charge < -0.3 is 14.8 Å². The number of thiazole rings is 1. The summed E-state index contributed by atoms with van der Waals surface area (Å²) in [5, 5.41) is 3.99. The molecule has 1 unspecified atom stereocenters. The fourth-order valence-corrected chi connectivity index (χ4v) is 5.00. The van der Waals surface area contributed by atoms with E-state index in [1.54, 1.807) is 23.7 Å². The van der Waals surface area contributed by atoms with Crippen LogP contribution in [0.1, 0.15) is 27.5 Å². The predicted octanol–water partition coefficient (Wildman–Crippen LogP) is 3.27. The summed E-state index contributed by atoms with van der Waals surface area (Å²) in [6.07, 6.45) is 6.38. The van der Waals surface area contributed by atoms with E-state index < -0.39 is 0 Å². The summed E-state index contributed by atoms with van der Waals surface area (Å²) < 4.78 is 3.09. The van der Waals surface area contributed by atoms with Crippen LogP contribution >= 0.6 is 11.3 Å². The molecule has 4 aromatic rings. The number of carbonyl (C=O) groups is 2. The van der Waals surface area contributed by atoms with Gasteiger partial charge in [-0.1, -0.05) is 18.2 Å². The molecule has 0 saturated heterocycles. The zero-order chi connectivity index (χ0) is 21.9. The second-order valence-corrected chi connectivity index (χ2v) is 8.99. The number of aromatic nitrogens is 3. The van der Waals surface area contributed by atoms with Gasteiger partial charge in [-0.05, 0) is 35.9 Å². The van der Waals surface area contributed by atoms with Crippen LogP contribution in [0.15, 0.2) is 67.1 Å². The van der Waals surface area contributed by atoms with Crippen LogP contribution in [0.2, 0.25) is 0 Å². The van der Waals surface area contributed by atoms with Gasteiger partial charge in [0.2, 0.25) is 5.91 Å². The third kappa shape index (κ3) is 4.27. The summed E-state index contributed by atoms with van der Waals surface area (Å²) in [6, 6.07) is 15.4. The number of fused-ring (bicyclic) bond motifs is 2. The maximum atomic E-state index is 13.1. The molecule has 0 fully saturated rings. The average molecular weight is 446 g/mol. The number of hydrogen-bond acceptors (Lipinski definition) is 5. The highest BCUT2D eigenvalue weighted by molar-refractivity contribution is 7.18. The molecular weight excluding hydrogens is 422 g/mol. The molecule has 0 radical (unpaired) electrons. The highest BCUT2D eigenvalue weighted by Gasteiger charge is 2.32. The maximum absolute atomic E-state index is 13.1. The Hall–Kier alpha value is -3.52. The summed E-state index contributed by atoms with van der Waals surface area (Å²) in [5.74, 6) is -0.0600. The zero-order valence-electron chi connectivity index (χ0n) is 17.5. The van der Waals surface area contributed by atoms with Crippen molar-refractivity contribution in [1.82, 2.24) is 24.8 Å². The fourth-order valence-electron chi connectivity index (χ4n) is 4.04. The Morgan fingerprint density at radius 2 is 2.06 bits per heavy atom. The van der Waals surface area contributed by atoms with Crippen LogP contribution in [-0.4, -0.2) is 43.8 Å². The van der Waals surface area contributed by atoms with Crippen molar-refractivity contribution in [3.8, 4) is 0 Å². The van der Waals surface area contributed by atoms with Crippen LogP contribution in [0.3, 0.4) is 0 Å². The lowest BCUT2D eigenvalue weighted by molar-refractivity contribution is -0.121. The number of benzene rings is 1. The molecule has 8 heteroatoms. The topological polar surface area (TPSA) is 80.1 Å². The molecule has 5 rings (SSSR count). The minimum absolute atomic E-state index is 0.0289. The van der Waals surface area contributed by atoms with Gasteiger partial charge in [-0.25, -0.2) is 4.98 Å². The number of amides is 2. The molecule has 1 N–H and O–H groups in total. The van der Waals surface area contributed by atoms with Crippen LogP contribution in [0.5, 0.6) is 0 Å². The number of carbonyl (C=O) groups excluding carboxylic acids is 2. The average Bonchev–Trinajstić information content (AvgIpc) is 3.46. The summed E-state index contributed by atoms with van der Waals surface area (Å²) in [4.78, 5) is 36.3. The first-order valence-electron chi connectivity index (χ1n) is 10.6. The van der Waals surface area contributed by atoms with Crippen LogP contribution < -0.4 is 5.32 Å². The Morgan fingerprint density at radius 3 is 2.91 bits per heavy atom. The molecule has 0 aliphatic carbocycles. The van der Waals surface area contributed by atoms with E-state index in [0.29, 0.717) is 38.2 Å². The number of nitrogens with zero attached hydrogens (tertiary/aromatic N) is 4. The molecule has 162 valence electrons. The summed E-state index contributed by atoms with van der Waals surface area (Å²) >= 11 is 1.63. The molecule has 1 aliphatic rings. The lowest BCUT2D eigenvalue weighted by atomic mass is 10.1.